The maximum Gasteiger partial charge on any atom is 0.322 e. The molecule has 0 bridgehead atoms. The van der Waals surface area contributed by atoms with Crippen LogP contribution in [0, 0.1) is 6.92 Å². The average molecular weight is 388 g/mol. The Balaban J connectivity index is 1.70. The third kappa shape index (κ3) is 4.52. The zero-order valence-corrected chi connectivity index (χ0v) is 16.0. The van der Waals surface area contributed by atoms with Gasteiger partial charge in [0.2, 0.25) is 5.91 Å². The molecular formula is C20H22ClN3O3. The average Bonchev–Trinajstić information content (AvgIpc) is 3.14. The summed E-state index contributed by atoms with van der Waals surface area (Å²) >= 11 is 5.87. The Hall–Kier alpha value is -2.73. The fraction of sp³-hybridized carbons (Fsp3) is 0.300. The number of hydrogen-bond acceptors (Lipinski definition) is 3. The topological polar surface area (TPSA) is 70.7 Å². The van der Waals surface area contributed by atoms with Gasteiger partial charge < -0.3 is 20.3 Å². The maximum absolute atomic E-state index is 12.8. The van der Waals surface area contributed by atoms with Gasteiger partial charge in [-0.05, 0) is 61.7 Å². The van der Waals surface area contributed by atoms with Crippen molar-refractivity contribution in [1.82, 2.24) is 4.90 Å². The molecule has 0 saturated carbocycles. The van der Waals surface area contributed by atoms with Gasteiger partial charge in [0.15, 0.2) is 0 Å². The number of hydrogen-bond donors (Lipinski definition) is 2. The summed E-state index contributed by atoms with van der Waals surface area (Å²) in [5.41, 5.74) is 2.25. The first-order valence-corrected chi connectivity index (χ1v) is 9.14. The van der Waals surface area contributed by atoms with Crippen molar-refractivity contribution in [3.63, 3.8) is 0 Å². The van der Waals surface area contributed by atoms with E-state index in [0.717, 1.165) is 12.0 Å². The molecule has 2 N–H and O–H groups in total. The number of carbonyl (C=O) groups excluding carboxylic acids is 2. The minimum Gasteiger partial charge on any atom is -0.495 e. The summed E-state index contributed by atoms with van der Waals surface area (Å²) in [5.74, 6) is 0.367. The molecule has 142 valence electrons. The molecule has 27 heavy (non-hydrogen) atoms. The fourth-order valence-electron chi connectivity index (χ4n) is 3.15. The normalized spacial score (nSPS) is 16.1. The maximum atomic E-state index is 12.8. The number of ether oxygens (including phenoxy) is 1. The molecule has 6 nitrogen and oxygen atoms in total. The monoisotopic (exact) mass is 387 g/mol. The standard InChI is InChI=1S/C20H22ClN3O3/c1-13-5-10-18(27-2)16(12-13)23-19(25)17-4-3-11-24(17)20(26)22-15-8-6-14(21)7-9-15/h5-10,12,17H,3-4,11H2,1-2H3,(H,22,26)(H,23,25). The van der Waals surface area contributed by atoms with Gasteiger partial charge >= 0.3 is 6.03 Å². The van der Waals surface area contributed by atoms with Crippen LogP contribution in [-0.2, 0) is 4.79 Å². The fourth-order valence-corrected chi connectivity index (χ4v) is 3.27. The number of carbonyl (C=O) groups is 2. The minimum atomic E-state index is -0.525. The van der Waals surface area contributed by atoms with Gasteiger partial charge in [-0.1, -0.05) is 17.7 Å². The number of likely N-dealkylation sites (tertiary alicyclic amines) is 1. The van der Waals surface area contributed by atoms with E-state index in [2.05, 4.69) is 10.6 Å². The highest BCUT2D eigenvalue weighted by molar-refractivity contribution is 6.30. The minimum absolute atomic E-state index is 0.220. The molecule has 7 heteroatoms. The highest BCUT2D eigenvalue weighted by Gasteiger charge is 2.34. The summed E-state index contributed by atoms with van der Waals surface area (Å²) in [5, 5.41) is 6.31. The van der Waals surface area contributed by atoms with Crippen LogP contribution in [0.3, 0.4) is 0 Å². The molecule has 0 aromatic heterocycles. The molecule has 2 aromatic carbocycles. The Labute approximate surface area is 163 Å². The van der Waals surface area contributed by atoms with Gasteiger partial charge in [-0.15, -0.1) is 0 Å². The van der Waals surface area contributed by atoms with Crippen molar-refractivity contribution in [3.05, 3.63) is 53.1 Å². The summed E-state index contributed by atoms with van der Waals surface area (Å²) < 4.78 is 5.31. The molecule has 1 saturated heterocycles. The number of benzene rings is 2. The quantitative estimate of drug-likeness (QED) is 0.822. The van der Waals surface area contributed by atoms with E-state index in [0.29, 0.717) is 35.1 Å². The highest BCUT2D eigenvalue weighted by Crippen LogP contribution is 2.27. The second-order valence-corrected chi connectivity index (χ2v) is 6.92. The van der Waals surface area contributed by atoms with Gasteiger partial charge in [0, 0.05) is 17.3 Å². The largest absolute Gasteiger partial charge is 0.495 e. The molecule has 1 atom stereocenters. The molecule has 3 amide bonds. The van der Waals surface area contributed by atoms with Crippen LogP contribution in [0.2, 0.25) is 5.02 Å². The van der Waals surface area contributed by atoms with Gasteiger partial charge in [-0.25, -0.2) is 4.79 Å². The Bertz CT molecular complexity index is 839. The van der Waals surface area contributed by atoms with Crippen LogP contribution in [-0.4, -0.2) is 36.5 Å². The van der Waals surface area contributed by atoms with Crippen LogP contribution in [0.25, 0.3) is 0 Å². The van der Waals surface area contributed by atoms with Crippen molar-refractivity contribution >= 4 is 34.9 Å². The van der Waals surface area contributed by atoms with Crippen molar-refractivity contribution in [2.45, 2.75) is 25.8 Å². The smallest absolute Gasteiger partial charge is 0.322 e. The summed E-state index contributed by atoms with van der Waals surface area (Å²) in [7, 11) is 1.56. The number of anilines is 2. The van der Waals surface area contributed by atoms with E-state index < -0.39 is 6.04 Å². The number of halogens is 1. The Kier molecular flexibility index (Phi) is 5.86. The van der Waals surface area contributed by atoms with E-state index >= 15 is 0 Å². The third-order valence-electron chi connectivity index (χ3n) is 4.52. The lowest BCUT2D eigenvalue weighted by Gasteiger charge is -2.24. The number of rotatable bonds is 4. The van der Waals surface area contributed by atoms with Gasteiger partial charge in [-0.2, -0.15) is 0 Å². The van der Waals surface area contributed by atoms with Crippen molar-refractivity contribution < 1.29 is 14.3 Å². The molecule has 0 aliphatic carbocycles. The molecule has 1 aliphatic heterocycles. The van der Waals surface area contributed by atoms with Crippen molar-refractivity contribution in [1.29, 1.82) is 0 Å². The van der Waals surface area contributed by atoms with E-state index in [-0.39, 0.29) is 11.9 Å². The number of amides is 3. The molecule has 1 fully saturated rings. The predicted octanol–water partition coefficient (Wildman–Crippen LogP) is 4.29. The van der Waals surface area contributed by atoms with Gasteiger partial charge in [0.1, 0.15) is 11.8 Å². The SMILES string of the molecule is COc1ccc(C)cc1NC(=O)C1CCCN1C(=O)Nc1ccc(Cl)cc1. The Morgan fingerprint density at radius 2 is 1.89 bits per heavy atom. The number of methoxy groups -OCH3 is 1. The lowest BCUT2D eigenvalue weighted by Crippen LogP contribution is -2.45. The zero-order chi connectivity index (χ0) is 19.4. The molecule has 1 unspecified atom stereocenters. The van der Waals surface area contributed by atoms with E-state index in [1.165, 1.54) is 0 Å². The molecule has 0 spiro atoms. The first-order chi connectivity index (χ1) is 13.0. The summed E-state index contributed by atoms with van der Waals surface area (Å²) in [6, 6.07) is 11.6. The molecule has 1 aliphatic rings. The van der Waals surface area contributed by atoms with Crippen molar-refractivity contribution in [2.24, 2.45) is 0 Å². The highest BCUT2D eigenvalue weighted by atomic mass is 35.5. The predicted molar refractivity (Wildman–Crippen MR) is 107 cm³/mol. The molecule has 3 rings (SSSR count). The second-order valence-electron chi connectivity index (χ2n) is 6.48. The van der Waals surface area contributed by atoms with Crippen molar-refractivity contribution in [2.75, 3.05) is 24.3 Å². The van der Waals surface area contributed by atoms with E-state index in [9.17, 15) is 9.59 Å². The lowest BCUT2D eigenvalue weighted by molar-refractivity contribution is -0.119. The first-order valence-electron chi connectivity index (χ1n) is 8.76. The molecule has 0 radical (unpaired) electrons. The van der Waals surface area contributed by atoms with Crippen LogP contribution in [0.15, 0.2) is 42.5 Å². The van der Waals surface area contributed by atoms with Crippen LogP contribution in [0.4, 0.5) is 16.2 Å². The number of urea groups is 1. The molecule has 1 heterocycles. The number of nitrogens with one attached hydrogen (secondary N) is 2. The Morgan fingerprint density at radius 1 is 1.15 bits per heavy atom. The van der Waals surface area contributed by atoms with Gasteiger partial charge in [0.05, 0.1) is 12.8 Å². The second kappa shape index (κ2) is 8.31. The van der Waals surface area contributed by atoms with E-state index in [1.807, 2.05) is 25.1 Å². The van der Waals surface area contributed by atoms with Gasteiger partial charge in [-0.3, -0.25) is 4.79 Å². The van der Waals surface area contributed by atoms with Crippen LogP contribution in [0.5, 0.6) is 5.75 Å². The van der Waals surface area contributed by atoms with E-state index in [4.69, 9.17) is 16.3 Å². The van der Waals surface area contributed by atoms with Crippen LogP contribution in [0.1, 0.15) is 18.4 Å². The Morgan fingerprint density at radius 3 is 2.59 bits per heavy atom. The third-order valence-corrected chi connectivity index (χ3v) is 4.78. The summed E-state index contributed by atoms with van der Waals surface area (Å²) in [6.07, 6.45) is 1.39. The lowest BCUT2D eigenvalue weighted by atomic mass is 10.1. The molecule has 2 aromatic rings. The summed E-state index contributed by atoms with van der Waals surface area (Å²) in [4.78, 5) is 27.0. The summed E-state index contributed by atoms with van der Waals surface area (Å²) in [6.45, 7) is 2.47. The zero-order valence-electron chi connectivity index (χ0n) is 15.3. The van der Waals surface area contributed by atoms with Crippen LogP contribution < -0.4 is 15.4 Å². The van der Waals surface area contributed by atoms with E-state index in [1.54, 1.807) is 36.3 Å². The molecular weight excluding hydrogens is 366 g/mol. The van der Waals surface area contributed by atoms with Crippen molar-refractivity contribution in [3.8, 4) is 5.75 Å². The van der Waals surface area contributed by atoms with Crippen LogP contribution >= 0.6 is 11.6 Å². The first kappa shape index (κ1) is 19.0. The van der Waals surface area contributed by atoms with Gasteiger partial charge in [0.25, 0.3) is 0 Å². The number of aryl methyl sites for hydroxylation is 1. The number of nitrogens with zero attached hydrogens (tertiary/aromatic N) is 1.